The molecule has 0 saturated carbocycles. The molecule has 2 aliphatic rings. The Morgan fingerprint density at radius 1 is 0.889 bits per heavy atom. The number of nitrogens with zero attached hydrogens (tertiary/aromatic N) is 3. The number of carbonyl (C=O) groups is 2. The molecule has 184 valence electrons. The van der Waals surface area contributed by atoms with Gasteiger partial charge in [-0.05, 0) is 29.7 Å². The molecule has 36 heavy (non-hydrogen) atoms. The van der Waals surface area contributed by atoms with Gasteiger partial charge in [0.15, 0.2) is 0 Å². The summed E-state index contributed by atoms with van der Waals surface area (Å²) in [4.78, 5) is 34.6. The lowest BCUT2D eigenvalue weighted by molar-refractivity contribution is -0.125. The highest BCUT2D eigenvalue weighted by Crippen LogP contribution is 2.29. The lowest BCUT2D eigenvalue weighted by atomic mass is 9.96. The van der Waals surface area contributed by atoms with Crippen molar-refractivity contribution in [2.45, 2.75) is 25.4 Å². The summed E-state index contributed by atoms with van der Waals surface area (Å²) in [6.07, 6.45) is 0.0469. The first-order valence-corrected chi connectivity index (χ1v) is 12.4. The molecule has 2 aliphatic heterocycles. The van der Waals surface area contributed by atoms with Crippen LogP contribution in [0.5, 0.6) is 0 Å². The van der Waals surface area contributed by atoms with Gasteiger partial charge < -0.3 is 10.2 Å². The number of hydrogen-bond acceptors (Lipinski definition) is 5. The van der Waals surface area contributed by atoms with E-state index in [1.54, 1.807) is 0 Å². The summed E-state index contributed by atoms with van der Waals surface area (Å²) in [6.45, 7) is 4.98. The molecule has 3 aromatic carbocycles. The van der Waals surface area contributed by atoms with E-state index < -0.39 is 6.04 Å². The van der Waals surface area contributed by atoms with Crippen molar-refractivity contribution < 1.29 is 9.59 Å². The minimum atomic E-state index is -0.743. The molecule has 0 spiro atoms. The van der Waals surface area contributed by atoms with E-state index in [9.17, 15) is 9.59 Å². The predicted molar refractivity (Wildman–Crippen MR) is 142 cm³/mol. The number of carbonyl (C=O) groups excluding carboxylic acids is 2. The lowest BCUT2D eigenvalue weighted by Gasteiger charge is -2.41. The molecule has 3 aromatic rings. The summed E-state index contributed by atoms with van der Waals surface area (Å²) < 4.78 is 0. The van der Waals surface area contributed by atoms with Crippen LogP contribution in [0, 0.1) is 6.92 Å². The number of aliphatic imine (C=N–C) groups is 1. The first kappa shape index (κ1) is 23.8. The van der Waals surface area contributed by atoms with Crippen LogP contribution in [0.3, 0.4) is 0 Å². The van der Waals surface area contributed by atoms with Crippen LogP contribution >= 0.6 is 0 Å². The van der Waals surface area contributed by atoms with Crippen LogP contribution in [0.2, 0.25) is 0 Å². The molecular formula is C29H31N5O2. The van der Waals surface area contributed by atoms with Crippen LogP contribution in [0.4, 0.5) is 5.69 Å². The van der Waals surface area contributed by atoms with Gasteiger partial charge in [-0.25, -0.2) is 4.99 Å². The molecule has 1 fully saturated rings. The van der Waals surface area contributed by atoms with Crippen LogP contribution in [-0.4, -0.2) is 59.8 Å². The molecule has 0 aromatic heterocycles. The maximum Gasteiger partial charge on any atom is 0.249 e. The Bertz CT molecular complexity index is 1200. The smallest absolute Gasteiger partial charge is 0.249 e. The molecule has 1 atom stereocenters. The standard InChI is InChI=1S/C29H31N5O2/c1-21-10-8-9-15-24(21)30-28(36)25-20-26(35)32-29(31-25)34-18-16-33(17-19-34)27(22-11-4-2-5-12-22)23-13-6-3-7-14-23/h2-15,25,27H,16-20H2,1H3,(H,30,36)(H,31,32,35). The maximum absolute atomic E-state index is 12.9. The predicted octanol–water partition coefficient (Wildman–Crippen LogP) is 3.59. The monoisotopic (exact) mass is 481 g/mol. The van der Waals surface area contributed by atoms with Gasteiger partial charge in [-0.3, -0.25) is 19.8 Å². The van der Waals surface area contributed by atoms with E-state index in [4.69, 9.17) is 0 Å². The molecule has 7 nitrogen and oxygen atoms in total. The van der Waals surface area contributed by atoms with Crippen LogP contribution < -0.4 is 10.6 Å². The van der Waals surface area contributed by atoms with E-state index in [0.717, 1.165) is 24.3 Å². The maximum atomic E-state index is 12.9. The number of rotatable bonds is 5. The van der Waals surface area contributed by atoms with Gasteiger partial charge in [-0.2, -0.15) is 0 Å². The third-order valence-electron chi connectivity index (χ3n) is 6.82. The second-order valence-electron chi connectivity index (χ2n) is 9.27. The number of piperazine rings is 1. The highest BCUT2D eigenvalue weighted by molar-refractivity contribution is 6.06. The van der Waals surface area contributed by atoms with Gasteiger partial charge in [0.2, 0.25) is 17.8 Å². The lowest BCUT2D eigenvalue weighted by Crippen LogP contribution is -2.56. The van der Waals surface area contributed by atoms with Gasteiger partial charge in [0.25, 0.3) is 0 Å². The van der Waals surface area contributed by atoms with Gasteiger partial charge in [0.05, 0.1) is 12.5 Å². The molecule has 1 unspecified atom stereocenters. The topological polar surface area (TPSA) is 77.0 Å². The minimum absolute atomic E-state index is 0.0469. The number of benzene rings is 3. The highest BCUT2D eigenvalue weighted by atomic mass is 16.2. The van der Waals surface area contributed by atoms with E-state index in [2.05, 4.69) is 74.0 Å². The Kier molecular flexibility index (Phi) is 7.09. The van der Waals surface area contributed by atoms with Crippen LogP contribution in [-0.2, 0) is 9.59 Å². The zero-order chi connectivity index (χ0) is 24.9. The van der Waals surface area contributed by atoms with Crippen molar-refractivity contribution in [3.63, 3.8) is 0 Å². The molecule has 2 heterocycles. The van der Waals surface area contributed by atoms with Crippen molar-refractivity contribution in [3.8, 4) is 0 Å². The van der Waals surface area contributed by atoms with E-state index in [1.165, 1.54) is 11.1 Å². The molecule has 0 radical (unpaired) electrons. The SMILES string of the molecule is Cc1ccccc1NC(=O)C1CC(=O)NC(N2CCN(C(c3ccccc3)c3ccccc3)CC2)=N1. The number of anilines is 1. The van der Waals surface area contributed by atoms with Crippen molar-refractivity contribution in [2.24, 2.45) is 4.99 Å². The summed E-state index contributed by atoms with van der Waals surface area (Å²) in [6, 6.07) is 28.1. The Morgan fingerprint density at radius 3 is 2.08 bits per heavy atom. The van der Waals surface area contributed by atoms with Gasteiger partial charge in [-0.1, -0.05) is 78.9 Å². The summed E-state index contributed by atoms with van der Waals surface area (Å²) in [5, 5.41) is 5.82. The first-order chi connectivity index (χ1) is 17.6. The number of nitrogens with one attached hydrogen (secondary N) is 2. The second-order valence-corrected chi connectivity index (χ2v) is 9.27. The Labute approximate surface area is 211 Å². The van der Waals surface area contributed by atoms with Crippen LogP contribution in [0.1, 0.15) is 29.2 Å². The molecule has 5 rings (SSSR count). The number of amides is 2. The minimum Gasteiger partial charge on any atom is -0.340 e. The van der Waals surface area contributed by atoms with Crippen LogP contribution in [0.25, 0.3) is 0 Å². The molecular weight excluding hydrogens is 450 g/mol. The molecule has 1 saturated heterocycles. The van der Waals surface area contributed by atoms with E-state index in [0.29, 0.717) is 19.0 Å². The number of guanidine groups is 1. The highest BCUT2D eigenvalue weighted by Gasteiger charge is 2.32. The average Bonchev–Trinajstić information content (AvgIpc) is 2.91. The average molecular weight is 482 g/mol. The summed E-state index contributed by atoms with van der Waals surface area (Å²) in [5.41, 5.74) is 4.23. The van der Waals surface area contributed by atoms with E-state index in [-0.39, 0.29) is 24.3 Å². The Morgan fingerprint density at radius 2 is 1.47 bits per heavy atom. The largest absolute Gasteiger partial charge is 0.340 e. The fourth-order valence-corrected chi connectivity index (χ4v) is 4.89. The number of aryl methyl sites for hydroxylation is 1. The first-order valence-electron chi connectivity index (χ1n) is 12.4. The number of hydrogen-bond donors (Lipinski definition) is 2. The Balaban J connectivity index is 1.29. The van der Waals surface area contributed by atoms with Crippen molar-refractivity contribution in [1.82, 2.24) is 15.1 Å². The molecule has 2 N–H and O–H groups in total. The van der Waals surface area contributed by atoms with Crippen molar-refractivity contribution in [2.75, 3.05) is 31.5 Å². The fourth-order valence-electron chi connectivity index (χ4n) is 4.89. The van der Waals surface area contributed by atoms with Crippen molar-refractivity contribution >= 4 is 23.5 Å². The van der Waals surface area contributed by atoms with E-state index >= 15 is 0 Å². The number of para-hydroxylation sites is 1. The van der Waals surface area contributed by atoms with Gasteiger partial charge in [0.1, 0.15) is 6.04 Å². The van der Waals surface area contributed by atoms with Gasteiger partial charge in [-0.15, -0.1) is 0 Å². The second kappa shape index (κ2) is 10.7. The summed E-state index contributed by atoms with van der Waals surface area (Å²) in [5.74, 6) is 0.0501. The fraction of sp³-hybridized carbons (Fsp3) is 0.276. The van der Waals surface area contributed by atoms with Gasteiger partial charge >= 0.3 is 0 Å². The zero-order valence-electron chi connectivity index (χ0n) is 20.4. The zero-order valence-corrected chi connectivity index (χ0v) is 20.4. The molecule has 7 heteroatoms. The summed E-state index contributed by atoms with van der Waals surface area (Å²) >= 11 is 0. The van der Waals surface area contributed by atoms with Crippen molar-refractivity contribution in [3.05, 3.63) is 102 Å². The van der Waals surface area contributed by atoms with Crippen LogP contribution in [0.15, 0.2) is 89.9 Å². The molecule has 0 bridgehead atoms. The summed E-state index contributed by atoms with van der Waals surface area (Å²) in [7, 11) is 0. The van der Waals surface area contributed by atoms with E-state index in [1.807, 2.05) is 43.3 Å². The normalized spacial score (nSPS) is 18.5. The molecule has 0 aliphatic carbocycles. The quantitative estimate of drug-likeness (QED) is 0.584. The Hall–Kier alpha value is -3.97. The third kappa shape index (κ3) is 5.31. The third-order valence-corrected chi connectivity index (χ3v) is 6.82. The molecule has 2 amide bonds. The van der Waals surface area contributed by atoms with Crippen molar-refractivity contribution in [1.29, 1.82) is 0 Å². The van der Waals surface area contributed by atoms with Gasteiger partial charge in [0, 0.05) is 31.9 Å².